The van der Waals surface area contributed by atoms with Gasteiger partial charge < -0.3 is 5.73 Å². The first-order valence-corrected chi connectivity index (χ1v) is 1.62. The van der Waals surface area contributed by atoms with Crippen LogP contribution in [0.1, 0.15) is 13.3 Å². The second kappa shape index (κ2) is 26.2. The zero-order chi connectivity index (χ0) is 3.41. The summed E-state index contributed by atoms with van der Waals surface area (Å²) in [4.78, 5) is 0. The molecule has 0 rings (SSSR count). The quantitative estimate of drug-likeness (QED) is 0.788. The minimum absolute atomic E-state index is 0. The van der Waals surface area contributed by atoms with Crippen molar-refractivity contribution >= 4 is 50.9 Å². The van der Waals surface area contributed by atoms with Crippen LogP contribution in [0.2, 0.25) is 0 Å². The highest BCUT2D eigenvalue weighted by Gasteiger charge is 1.55. The second-order valence-electron chi connectivity index (χ2n) is 0.789. The standard InChI is InChI=1S/C3H9N.3BrH/c1-2-3-4;;;/h2-4H2,1H3;3*1H. The van der Waals surface area contributed by atoms with Gasteiger partial charge in [-0.3, -0.25) is 0 Å². The summed E-state index contributed by atoms with van der Waals surface area (Å²) in [7, 11) is 0. The minimum atomic E-state index is 0. The van der Waals surface area contributed by atoms with E-state index in [4.69, 9.17) is 5.73 Å². The van der Waals surface area contributed by atoms with Crippen molar-refractivity contribution < 1.29 is 0 Å². The largest absolute Gasteiger partial charge is 0.330 e. The Kier molecular flexibility index (Phi) is 89.0. The van der Waals surface area contributed by atoms with Gasteiger partial charge in [0.15, 0.2) is 0 Å². The van der Waals surface area contributed by atoms with Crippen LogP contribution < -0.4 is 5.73 Å². The van der Waals surface area contributed by atoms with Gasteiger partial charge in [-0.2, -0.15) is 0 Å². The van der Waals surface area contributed by atoms with Crippen molar-refractivity contribution in [3.05, 3.63) is 0 Å². The number of hydrogen-bond acceptors (Lipinski definition) is 1. The van der Waals surface area contributed by atoms with E-state index in [1.807, 2.05) is 0 Å². The van der Waals surface area contributed by atoms with Gasteiger partial charge in [0, 0.05) is 0 Å². The van der Waals surface area contributed by atoms with Crippen LogP contribution in [0.4, 0.5) is 0 Å². The number of halogens is 3. The van der Waals surface area contributed by atoms with Gasteiger partial charge in [-0.25, -0.2) is 0 Å². The van der Waals surface area contributed by atoms with Crippen LogP contribution >= 0.6 is 50.9 Å². The molecule has 0 heterocycles. The molecule has 0 bridgehead atoms. The molecule has 1 nitrogen and oxygen atoms in total. The predicted octanol–water partition coefficient (Wildman–Crippen LogP) is 2.09. The van der Waals surface area contributed by atoms with Crippen LogP contribution in [-0.2, 0) is 0 Å². The smallest absolute Gasteiger partial charge is 0.00799 e. The molecule has 0 aromatic heterocycles. The van der Waals surface area contributed by atoms with Gasteiger partial charge in [-0.1, -0.05) is 6.92 Å². The molecule has 0 radical (unpaired) electrons. The lowest BCUT2D eigenvalue weighted by molar-refractivity contribution is 0.932. The van der Waals surface area contributed by atoms with E-state index < -0.39 is 0 Å². The fraction of sp³-hybridized carbons (Fsp3) is 1.00. The van der Waals surface area contributed by atoms with Crippen LogP contribution in [0.25, 0.3) is 0 Å². The molecule has 0 fully saturated rings. The van der Waals surface area contributed by atoms with Gasteiger partial charge in [-0.05, 0) is 13.0 Å². The average molecular weight is 302 g/mol. The van der Waals surface area contributed by atoms with E-state index in [0.717, 1.165) is 13.0 Å². The topological polar surface area (TPSA) is 26.0 Å². The molecule has 0 aliphatic heterocycles. The van der Waals surface area contributed by atoms with Crippen molar-refractivity contribution in [3.8, 4) is 0 Å². The minimum Gasteiger partial charge on any atom is -0.330 e. The third-order valence-electron chi connectivity index (χ3n) is 0.289. The summed E-state index contributed by atoms with van der Waals surface area (Å²) in [5, 5.41) is 0. The van der Waals surface area contributed by atoms with Crippen molar-refractivity contribution in [2.24, 2.45) is 5.73 Å². The summed E-state index contributed by atoms with van der Waals surface area (Å²) in [6.07, 6.45) is 1.10. The van der Waals surface area contributed by atoms with Gasteiger partial charge in [0.1, 0.15) is 0 Å². The normalized spacial score (nSPS) is 4.29. The second-order valence-corrected chi connectivity index (χ2v) is 0.789. The lowest BCUT2D eigenvalue weighted by atomic mass is 10.5. The monoisotopic (exact) mass is 299 g/mol. The van der Waals surface area contributed by atoms with Gasteiger partial charge in [0.2, 0.25) is 0 Å². The Balaban J connectivity index is -0.0000000150. The van der Waals surface area contributed by atoms with E-state index in [2.05, 4.69) is 6.92 Å². The van der Waals surface area contributed by atoms with Gasteiger partial charge in [0.25, 0.3) is 0 Å². The van der Waals surface area contributed by atoms with Crippen molar-refractivity contribution in [3.63, 3.8) is 0 Å². The molecule has 50 valence electrons. The van der Waals surface area contributed by atoms with E-state index in [-0.39, 0.29) is 50.9 Å². The van der Waals surface area contributed by atoms with Crippen molar-refractivity contribution in [1.29, 1.82) is 0 Å². The molecule has 0 saturated carbocycles. The molecule has 0 unspecified atom stereocenters. The molecule has 0 aromatic rings. The summed E-state index contributed by atoms with van der Waals surface area (Å²) in [6.45, 7) is 2.88. The van der Waals surface area contributed by atoms with Crippen LogP contribution in [0.3, 0.4) is 0 Å². The molecule has 0 spiro atoms. The van der Waals surface area contributed by atoms with E-state index in [0.29, 0.717) is 0 Å². The lowest BCUT2D eigenvalue weighted by Gasteiger charge is -1.70. The molecule has 0 amide bonds. The first-order chi connectivity index (χ1) is 1.91. The number of hydrogen-bond donors (Lipinski definition) is 1. The fourth-order valence-electron chi connectivity index (χ4n) is 0. The molecule has 0 aliphatic carbocycles. The molecule has 0 saturated heterocycles. The SMILES string of the molecule is Br.Br.Br.CCCN. The third kappa shape index (κ3) is 37.5. The molecule has 0 aromatic carbocycles. The van der Waals surface area contributed by atoms with Gasteiger partial charge in [0.05, 0.1) is 0 Å². The molecule has 0 aliphatic rings. The zero-order valence-corrected chi connectivity index (χ0v) is 9.36. The van der Waals surface area contributed by atoms with E-state index >= 15 is 0 Å². The molecule has 4 heteroatoms. The summed E-state index contributed by atoms with van der Waals surface area (Å²) in [5.74, 6) is 0. The maximum absolute atomic E-state index is 5.03. The summed E-state index contributed by atoms with van der Waals surface area (Å²) >= 11 is 0. The summed E-state index contributed by atoms with van der Waals surface area (Å²) < 4.78 is 0. The van der Waals surface area contributed by atoms with Crippen molar-refractivity contribution in [2.45, 2.75) is 13.3 Å². The van der Waals surface area contributed by atoms with Crippen LogP contribution in [-0.4, -0.2) is 6.54 Å². The molecule has 2 N–H and O–H groups in total. The molecule has 0 atom stereocenters. The first kappa shape index (κ1) is 23.8. The Hall–Kier alpha value is 1.40. The van der Waals surface area contributed by atoms with Crippen LogP contribution in [0.15, 0.2) is 0 Å². The highest BCUT2D eigenvalue weighted by atomic mass is 79.9. The third-order valence-corrected chi connectivity index (χ3v) is 0.289. The lowest BCUT2D eigenvalue weighted by Crippen LogP contribution is -1.93. The zero-order valence-electron chi connectivity index (χ0n) is 4.22. The maximum atomic E-state index is 5.03. The summed E-state index contributed by atoms with van der Waals surface area (Å²) in [5.41, 5.74) is 5.03. The van der Waals surface area contributed by atoms with Crippen LogP contribution in [0.5, 0.6) is 0 Å². The predicted molar refractivity (Wildman–Crippen MR) is 50.3 cm³/mol. The Morgan fingerprint density at radius 3 is 1.29 bits per heavy atom. The van der Waals surface area contributed by atoms with Gasteiger partial charge >= 0.3 is 0 Å². The molecule has 7 heavy (non-hydrogen) atoms. The van der Waals surface area contributed by atoms with E-state index in [9.17, 15) is 0 Å². The number of nitrogens with two attached hydrogens (primary N) is 1. The average Bonchev–Trinajstić information content (AvgIpc) is 1.37. The molecular weight excluding hydrogens is 290 g/mol. The molecular formula is C3H12Br3N. The van der Waals surface area contributed by atoms with Gasteiger partial charge in [-0.15, -0.1) is 50.9 Å². The highest BCUT2D eigenvalue weighted by molar-refractivity contribution is 8.93. The Bertz CT molecular complexity index is 12.1. The van der Waals surface area contributed by atoms with Crippen molar-refractivity contribution in [1.82, 2.24) is 0 Å². The first-order valence-electron chi connectivity index (χ1n) is 1.62. The highest BCUT2D eigenvalue weighted by Crippen LogP contribution is 1.57. The Morgan fingerprint density at radius 1 is 1.14 bits per heavy atom. The Morgan fingerprint density at radius 2 is 1.29 bits per heavy atom. The summed E-state index contributed by atoms with van der Waals surface area (Å²) in [6, 6.07) is 0. The Labute approximate surface area is 76.3 Å². The van der Waals surface area contributed by atoms with Crippen molar-refractivity contribution in [2.75, 3.05) is 6.54 Å². The van der Waals surface area contributed by atoms with E-state index in [1.54, 1.807) is 0 Å². The number of rotatable bonds is 1. The van der Waals surface area contributed by atoms with E-state index in [1.165, 1.54) is 0 Å². The fourth-order valence-corrected chi connectivity index (χ4v) is 0. The van der Waals surface area contributed by atoms with Crippen LogP contribution in [0, 0.1) is 0 Å². The maximum Gasteiger partial charge on any atom is -0.00799 e.